The van der Waals surface area contributed by atoms with Crippen molar-refractivity contribution in [1.29, 1.82) is 0 Å². The van der Waals surface area contributed by atoms with Crippen molar-refractivity contribution in [2.24, 2.45) is 0 Å². The number of hydrogen-bond donors (Lipinski definition) is 1. The minimum absolute atomic E-state index is 0.0203. The predicted molar refractivity (Wildman–Crippen MR) is 163 cm³/mol. The second-order valence-corrected chi connectivity index (χ2v) is 12.2. The summed E-state index contributed by atoms with van der Waals surface area (Å²) < 4.78 is 34.3. The average molecular weight is 621 g/mol. The monoisotopic (exact) mass is 619 g/mol. The molecule has 0 aliphatic carbocycles. The van der Waals surface area contributed by atoms with E-state index in [2.05, 4.69) is 5.32 Å². The zero-order valence-electron chi connectivity index (χ0n) is 23.5. The van der Waals surface area contributed by atoms with E-state index in [9.17, 15) is 18.0 Å². The van der Waals surface area contributed by atoms with E-state index in [-0.39, 0.29) is 35.5 Å². The van der Waals surface area contributed by atoms with Gasteiger partial charge in [-0.3, -0.25) is 13.9 Å². The van der Waals surface area contributed by atoms with Crippen LogP contribution in [0.2, 0.25) is 10.0 Å². The summed E-state index contributed by atoms with van der Waals surface area (Å²) in [6.07, 6.45) is 0.279. The molecule has 8 nitrogen and oxygen atoms in total. The Balaban J connectivity index is 2.09. The Morgan fingerprint density at radius 2 is 1.51 bits per heavy atom. The molecule has 1 atom stereocenters. The molecule has 0 radical (unpaired) electrons. The summed E-state index contributed by atoms with van der Waals surface area (Å²) in [4.78, 5) is 28.7. The Kier molecular flexibility index (Phi) is 11.5. The largest absolute Gasteiger partial charge is 0.494 e. The average Bonchev–Trinajstić information content (AvgIpc) is 2.93. The molecule has 1 unspecified atom stereocenters. The third-order valence-electron chi connectivity index (χ3n) is 6.25. The van der Waals surface area contributed by atoms with Gasteiger partial charge in [0.2, 0.25) is 11.8 Å². The van der Waals surface area contributed by atoms with Crippen molar-refractivity contribution < 1.29 is 22.7 Å². The van der Waals surface area contributed by atoms with Crippen LogP contribution in [-0.4, -0.2) is 50.4 Å². The van der Waals surface area contributed by atoms with Crippen LogP contribution in [0.3, 0.4) is 0 Å². The zero-order chi connectivity index (χ0) is 30.2. The molecular weight excluding hydrogens is 585 g/mol. The van der Waals surface area contributed by atoms with E-state index in [0.29, 0.717) is 28.0 Å². The van der Waals surface area contributed by atoms with Crippen LogP contribution in [0.25, 0.3) is 0 Å². The van der Waals surface area contributed by atoms with E-state index >= 15 is 0 Å². The number of ether oxygens (including phenoxy) is 1. The summed E-state index contributed by atoms with van der Waals surface area (Å²) in [6.45, 7) is 7.05. The van der Waals surface area contributed by atoms with Gasteiger partial charge in [0.25, 0.3) is 10.0 Å². The van der Waals surface area contributed by atoms with Crippen LogP contribution in [0.5, 0.6) is 5.75 Å². The number of sulfonamides is 1. The summed E-state index contributed by atoms with van der Waals surface area (Å²) in [5, 5.41) is 3.52. The second-order valence-electron chi connectivity index (χ2n) is 9.56. The Bertz CT molecular complexity index is 1410. The van der Waals surface area contributed by atoms with Gasteiger partial charge in [-0.1, -0.05) is 54.4 Å². The van der Waals surface area contributed by atoms with Crippen LogP contribution in [0.15, 0.2) is 77.7 Å². The number of hydrogen-bond acceptors (Lipinski definition) is 5. The Labute approximate surface area is 252 Å². The van der Waals surface area contributed by atoms with Gasteiger partial charge in [-0.05, 0) is 75.7 Å². The van der Waals surface area contributed by atoms with E-state index in [4.69, 9.17) is 27.9 Å². The number of anilines is 1. The highest BCUT2D eigenvalue weighted by atomic mass is 35.5. The van der Waals surface area contributed by atoms with Gasteiger partial charge < -0.3 is 15.0 Å². The van der Waals surface area contributed by atoms with E-state index in [1.165, 1.54) is 17.0 Å². The Morgan fingerprint density at radius 1 is 0.902 bits per heavy atom. The molecule has 0 spiro atoms. The lowest BCUT2D eigenvalue weighted by Gasteiger charge is -2.34. The van der Waals surface area contributed by atoms with Crippen molar-refractivity contribution in [2.75, 3.05) is 17.5 Å². The fraction of sp³-hybridized carbons (Fsp3) is 0.333. The van der Waals surface area contributed by atoms with Crippen molar-refractivity contribution in [3.05, 3.63) is 88.4 Å². The summed E-state index contributed by atoms with van der Waals surface area (Å²) in [5.74, 6) is -0.399. The third-order valence-corrected chi connectivity index (χ3v) is 8.75. The van der Waals surface area contributed by atoms with Crippen molar-refractivity contribution in [3.8, 4) is 5.75 Å². The zero-order valence-corrected chi connectivity index (χ0v) is 25.8. The predicted octanol–water partition coefficient (Wildman–Crippen LogP) is 5.92. The molecule has 11 heteroatoms. The minimum Gasteiger partial charge on any atom is -0.494 e. The molecule has 0 saturated heterocycles. The van der Waals surface area contributed by atoms with Gasteiger partial charge in [0.1, 0.15) is 18.3 Å². The first-order valence-electron chi connectivity index (χ1n) is 13.3. The SMILES string of the molecule is CCOc1ccc(N(CC(=O)N(Cc2c(Cl)cccc2Cl)C(CC)C(=O)NC(C)C)S(=O)(=O)c2ccccc2)cc1. The number of nitrogens with one attached hydrogen (secondary N) is 1. The smallest absolute Gasteiger partial charge is 0.264 e. The van der Waals surface area contributed by atoms with Crippen molar-refractivity contribution in [1.82, 2.24) is 10.2 Å². The number of halogens is 2. The van der Waals surface area contributed by atoms with Crippen LogP contribution in [0.1, 0.15) is 39.7 Å². The lowest BCUT2D eigenvalue weighted by atomic mass is 10.1. The van der Waals surface area contributed by atoms with Gasteiger partial charge in [-0.2, -0.15) is 0 Å². The van der Waals surface area contributed by atoms with Crippen LogP contribution in [-0.2, 0) is 26.2 Å². The minimum atomic E-state index is -4.18. The van der Waals surface area contributed by atoms with E-state index < -0.39 is 28.5 Å². The van der Waals surface area contributed by atoms with E-state index in [1.807, 2.05) is 20.8 Å². The highest BCUT2D eigenvalue weighted by Crippen LogP contribution is 2.29. The molecule has 41 heavy (non-hydrogen) atoms. The number of carbonyl (C=O) groups is 2. The molecule has 3 aromatic rings. The van der Waals surface area contributed by atoms with Crippen molar-refractivity contribution >= 4 is 50.7 Å². The van der Waals surface area contributed by atoms with Gasteiger partial charge in [0.15, 0.2) is 0 Å². The van der Waals surface area contributed by atoms with Crippen molar-refractivity contribution in [2.45, 2.75) is 57.6 Å². The van der Waals surface area contributed by atoms with E-state index in [1.54, 1.807) is 67.6 Å². The fourth-order valence-electron chi connectivity index (χ4n) is 4.28. The number of nitrogens with zero attached hydrogens (tertiary/aromatic N) is 2. The van der Waals surface area contributed by atoms with Gasteiger partial charge in [0, 0.05) is 28.2 Å². The fourth-order valence-corrected chi connectivity index (χ4v) is 6.23. The lowest BCUT2D eigenvalue weighted by molar-refractivity contribution is -0.140. The molecule has 0 bridgehead atoms. The van der Waals surface area contributed by atoms with Gasteiger partial charge in [-0.15, -0.1) is 0 Å². The first-order valence-corrected chi connectivity index (χ1v) is 15.5. The van der Waals surface area contributed by atoms with Crippen LogP contribution in [0, 0.1) is 0 Å². The summed E-state index contributed by atoms with van der Waals surface area (Å²) in [5.41, 5.74) is 0.722. The molecule has 0 heterocycles. The molecule has 0 saturated carbocycles. The van der Waals surface area contributed by atoms with E-state index in [0.717, 1.165) is 4.31 Å². The standard InChI is InChI=1S/C30H35Cl2N3O5S/c1-5-28(30(37)33-21(3)4)34(19-25-26(31)13-10-14-27(25)32)29(36)20-35(22-15-17-23(18-16-22)40-6-2)41(38,39)24-11-8-7-9-12-24/h7-18,21,28H,5-6,19-20H2,1-4H3,(H,33,37). The lowest BCUT2D eigenvalue weighted by Crippen LogP contribution is -2.53. The molecule has 0 aliphatic heterocycles. The summed E-state index contributed by atoms with van der Waals surface area (Å²) in [6, 6.07) is 18.2. The maximum Gasteiger partial charge on any atom is 0.264 e. The molecular formula is C30H35Cl2N3O5S. The van der Waals surface area contributed by atoms with Crippen LogP contribution < -0.4 is 14.4 Å². The van der Waals surface area contributed by atoms with Crippen molar-refractivity contribution in [3.63, 3.8) is 0 Å². The van der Waals surface area contributed by atoms with Crippen LogP contribution >= 0.6 is 23.2 Å². The highest BCUT2D eigenvalue weighted by molar-refractivity contribution is 7.92. The molecule has 3 aromatic carbocycles. The number of benzene rings is 3. The molecule has 1 N–H and O–H groups in total. The summed E-state index contributed by atoms with van der Waals surface area (Å²) >= 11 is 12.9. The van der Waals surface area contributed by atoms with Crippen LogP contribution in [0.4, 0.5) is 5.69 Å². The van der Waals surface area contributed by atoms with Gasteiger partial charge in [0.05, 0.1) is 17.2 Å². The molecule has 0 aliphatic rings. The number of amides is 2. The summed E-state index contributed by atoms with van der Waals surface area (Å²) in [7, 11) is -4.18. The molecule has 3 rings (SSSR count). The highest BCUT2D eigenvalue weighted by Gasteiger charge is 2.34. The maximum atomic E-state index is 14.1. The molecule has 2 amide bonds. The Morgan fingerprint density at radius 3 is 2.05 bits per heavy atom. The Hall–Kier alpha value is -3.27. The molecule has 0 aromatic heterocycles. The number of carbonyl (C=O) groups excluding carboxylic acids is 2. The first kappa shape index (κ1) is 32.2. The van der Waals surface area contributed by atoms with Gasteiger partial charge in [-0.25, -0.2) is 8.42 Å². The topological polar surface area (TPSA) is 96.0 Å². The molecule has 0 fully saturated rings. The molecule has 220 valence electrons. The number of rotatable bonds is 13. The second kappa shape index (κ2) is 14.6. The quantitative estimate of drug-likeness (QED) is 0.256. The normalized spacial score (nSPS) is 12.1. The van der Waals surface area contributed by atoms with Gasteiger partial charge >= 0.3 is 0 Å². The third kappa shape index (κ3) is 8.15. The first-order chi connectivity index (χ1) is 19.5. The maximum absolute atomic E-state index is 14.1.